The van der Waals surface area contributed by atoms with E-state index in [0.717, 1.165) is 0 Å². The number of nitrogens with zero attached hydrogens (tertiary/aromatic N) is 1. The van der Waals surface area contributed by atoms with Crippen LogP contribution in [0.5, 0.6) is 5.75 Å². The summed E-state index contributed by atoms with van der Waals surface area (Å²) in [5, 5.41) is 15.7. The molecule has 3 unspecified atom stereocenters. The van der Waals surface area contributed by atoms with Gasteiger partial charge in [-0.1, -0.05) is 38.5 Å². The van der Waals surface area contributed by atoms with E-state index in [0.29, 0.717) is 12.0 Å². The Bertz CT molecular complexity index is 870. The minimum atomic E-state index is -1.05. The number of amides is 3. The zero-order valence-electron chi connectivity index (χ0n) is 21.8. The van der Waals surface area contributed by atoms with E-state index in [1.54, 1.807) is 32.9 Å². The molecule has 190 valence electrons. The molecule has 0 radical (unpaired) electrons. The van der Waals surface area contributed by atoms with Gasteiger partial charge in [0.15, 0.2) is 0 Å². The summed E-state index contributed by atoms with van der Waals surface area (Å²) in [4.78, 5) is 41.2. The summed E-state index contributed by atoms with van der Waals surface area (Å²) in [7, 11) is 0. The largest absolute Gasteiger partial charge is 0.508 e. The average Bonchev–Trinajstić information content (AvgIpc) is 2.68. The maximum Gasteiger partial charge on any atom is 0.408 e. The van der Waals surface area contributed by atoms with Crippen molar-refractivity contribution < 1.29 is 24.2 Å². The van der Waals surface area contributed by atoms with E-state index < -0.39 is 41.1 Å². The highest BCUT2D eigenvalue weighted by Crippen LogP contribution is 2.27. The second-order valence-corrected chi connectivity index (χ2v) is 10.5. The van der Waals surface area contributed by atoms with Gasteiger partial charge in [-0.15, -0.1) is 6.58 Å². The van der Waals surface area contributed by atoms with E-state index in [4.69, 9.17) is 4.74 Å². The minimum Gasteiger partial charge on any atom is -0.508 e. The summed E-state index contributed by atoms with van der Waals surface area (Å²) in [5.41, 5.74) is -0.845. The van der Waals surface area contributed by atoms with Crippen LogP contribution in [0.4, 0.5) is 4.79 Å². The molecule has 34 heavy (non-hydrogen) atoms. The van der Waals surface area contributed by atoms with Gasteiger partial charge < -0.3 is 25.4 Å². The summed E-state index contributed by atoms with van der Waals surface area (Å²) in [6, 6.07) is 4.26. The second kappa shape index (κ2) is 11.9. The van der Waals surface area contributed by atoms with Crippen molar-refractivity contribution in [3.8, 4) is 5.75 Å². The highest BCUT2D eigenvalue weighted by atomic mass is 16.6. The third-order valence-corrected chi connectivity index (χ3v) is 5.00. The Kier molecular flexibility index (Phi) is 10.2. The van der Waals surface area contributed by atoms with Gasteiger partial charge >= 0.3 is 6.09 Å². The van der Waals surface area contributed by atoms with Crippen molar-refractivity contribution in [2.24, 2.45) is 5.92 Å². The van der Waals surface area contributed by atoms with Crippen molar-refractivity contribution in [3.63, 3.8) is 0 Å². The fourth-order valence-corrected chi connectivity index (χ4v) is 3.36. The Balaban J connectivity index is 3.50. The molecule has 0 heterocycles. The molecule has 0 aliphatic carbocycles. The highest BCUT2D eigenvalue weighted by molar-refractivity contribution is 5.92. The third-order valence-electron chi connectivity index (χ3n) is 5.00. The summed E-state index contributed by atoms with van der Waals surface area (Å²) in [6.45, 7) is 18.3. The zero-order valence-corrected chi connectivity index (χ0v) is 21.8. The van der Waals surface area contributed by atoms with Gasteiger partial charge in [-0.25, -0.2) is 4.79 Å². The van der Waals surface area contributed by atoms with Crippen LogP contribution in [-0.4, -0.2) is 51.6 Å². The van der Waals surface area contributed by atoms with Gasteiger partial charge in [0.25, 0.3) is 0 Å². The van der Waals surface area contributed by atoms with E-state index >= 15 is 0 Å². The van der Waals surface area contributed by atoms with Crippen molar-refractivity contribution >= 4 is 17.9 Å². The summed E-state index contributed by atoms with van der Waals surface area (Å²) in [6.07, 6.45) is 1.43. The molecular formula is C26H41N3O5. The van der Waals surface area contributed by atoms with E-state index in [1.807, 2.05) is 34.6 Å². The number of phenols is 1. The number of carbonyl (C=O) groups is 3. The number of rotatable bonds is 9. The Morgan fingerprint density at radius 2 is 1.79 bits per heavy atom. The minimum absolute atomic E-state index is 0.0255. The van der Waals surface area contributed by atoms with E-state index in [2.05, 4.69) is 17.2 Å². The van der Waals surface area contributed by atoms with Crippen LogP contribution in [0.3, 0.4) is 0 Å². The van der Waals surface area contributed by atoms with Crippen LogP contribution >= 0.6 is 0 Å². The molecule has 3 atom stereocenters. The number of hydrogen-bond donors (Lipinski definition) is 3. The Hall–Kier alpha value is -3.03. The molecule has 8 heteroatoms. The normalized spacial score (nSPS) is 14.4. The molecule has 0 fully saturated rings. The quantitative estimate of drug-likeness (QED) is 0.462. The molecule has 0 saturated carbocycles. The van der Waals surface area contributed by atoms with Crippen LogP contribution in [0.1, 0.15) is 73.4 Å². The SMILES string of the molecule is C=CCN(C(=O)C(NC(=O)OC(C)(C)C)C(C)CC)C(C(=O)NC(C)(C)C)c1cccc(O)c1. The lowest BCUT2D eigenvalue weighted by molar-refractivity contribution is -0.143. The number of aromatic hydroxyl groups is 1. The first-order valence-corrected chi connectivity index (χ1v) is 11.6. The maximum absolute atomic E-state index is 13.9. The number of benzene rings is 1. The van der Waals surface area contributed by atoms with Crippen molar-refractivity contribution in [2.45, 2.75) is 85.0 Å². The average molecular weight is 476 g/mol. The van der Waals surface area contributed by atoms with Crippen molar-refractivity contribution in [1.29, 1.82) is 0 Å². The third kappa shape index (κ3) is 9.08. The molecule has 0 aromatic heterocycles. The van der Waals surface area contributed by atoms with Crippen LogP contribution in [-0.2, 0) is 14.3 Å². The van der Waals surface area contributed by atoms with Crippen molar-refractivity contribution in [1.82, 2.24) is 15.5 Å². The molecule has 0 aliphatic heterocycles. The van der Waals surface area contributed by atoms with Gasteiger partial charge in [0, 0.05) is 12.1 Å². The fraction of sp³-hybridized carbons (Fsp3) is 0.577. The zero-order chi connectivity index (χ0) is 26.3. The monoisotopic (exact) mass is 475 g/mol. The molecule has 3 amide bonds. The molecule has 0 aliphatic rings. The number of alkyl carbamates (subject to hydrolysis) is 1. The molecule has 1 aromatic carbocycles. The summed E-state index contributed by atoms with van der Waals surface area (Å²) in [5.74, 6) is -1.11. The van der Waals surface area contributed by atoms with Crippen LogP contribution < -0.4 is 10.6 Å². The molecule has 1 rings (SSSR count). The second-order valence-electron chi connectivity index (χ2n) is 10.5. The van der Waals surface area contributed by atoms with Gasteiger partial charge in [0.2, 0.25) is 11.8 Å². The number of ether oxygens (including phenoxy) is 1. The first-order chi connectivity index (χ1) is 15.6. The van der Waals surface area contributed by atoms with Gasteiger partial charge in [0.05, 0.1) is 0 Å². The number of nitrogens with one attached hydrogen (secondary N) is 2. The predicted octanol–water partition coefficient (Wildman–Crippen LogP) is 4.30. The standard InChI is InChI=1S/C26H41N3O5/c1-10-15-29(23(32)20(17(3)11-2)27-24(33)34-26(7,8)9)21(22(31)28-25(4,5)6)18-13-12-14-19(30)16-18/h10,12-14,16-17,20-21,30H,1,11,15H2,2-9H3,(H,27,33)(H,28,31). The van der Waals surface area contributed by atoms with E-state index in [-0.39, 0.29) is 18.2 Å². The number of carbonyl (C=O) groups excluding carboxylic acids is 3. The molecule has 8 nitrogen and oxygen atoms in total. The Morgan fingerprint density at radius 1 is 1.18 bits per heavy atom. The summed E-state index contributed by atoms with van der Waals surface area (Å²) >= 11 is 0. The molecule has 0 saturated heterocycles. The molecule has 3 N–H and O–H groups in total. The predicted molar refractivity (Wildman–Crippen MR) is 133 cm³/mol. The van der Waals surface area contributed by atoms with E-state index in [9.17, 15) is 19.5 Å². The lowest BCUT2D eigenvalue weighted by atomic mass is 9.95. The van der Waals surface area contributed by atoms with Crippen LogP contribution in [0, 0.1) is 5.92 Å². The van der Waals surface area contributed by atoms with Crippen LogP contribution in [0.25, 0.3) is 0 Å². The first-order valence-electron chi connectivity index (χ1n) is 11.6. The highest BCUT2D eigenvalue weighted by Gasteiger charge is 2.38. The first kappa shape index (κ1) is 29.0. The Labute approximate surface area is 203 Å². The van der Waals surface area contributed by atoms with Gasteiger partial charge in [-0.05, 0) is 65.2 Å². The molecule has 0 spiro atoms. The van der Waals surface area contributed by atoms with Crippen molar-refractivity contribution in [2.75, 3.05) is 6.54 Å². The number of hydrogen-bond acceptors (Lipinski definition) is 5. The van der Waals surface area contributed by atoms with Crippen LogP contribution in [0.2, 0.25) is 0 Å². The Morgan fingerprint density at radius 3 is 2.26 bits per heavy atom. The lowest BCUT2D eigenvalue weighted by Gasteiger charge is -2.36. The lowest BCUT2D eigenvalue weighted by Crippen LogP contribution is -2.56. The maximum atomic E-state index is 13.9. The van der Waals surface area contributed by atoms with Crippen molar-refractivity contribution in [3.05, 3.63) is 42.5 Å². The van der Waals surface area contributed by atoms with Crippen LogP contribution in [0.15, 0.2) is 36.9 Å². The molecular weight excluding hydrogens is 434 g/mol. The van der Waals surface area contributed by atoms with E-state index in [1.165, 1.54) is 23.1 Å². The van der Waals surface area contributed by atoms with Gasteiger partial charge in [-0.3, -0.25) is 9.59 Å². The molecule has 1 aromatic rings. The molecule has 0 bridgehead atoms. The van der Waals surface area contributed by atoms with Gasteiger partial charge in [-0.2, -0.15) is 0 Å². The fourth-order valence-electron chi connectivity index (χ4n) is 3.36. The smallest absolute Gasteiger partial charge is 0.408 e. The number of phenolic OH excluding ortho intramolecular Hbond substituents is 1. The summed E-state index contributed by atoms with van der Waals surface area (Å²) < 4.78 is 5.37. The topological polar surface area (TPSA) is 108 Å². The van der Waals surface area contributed by atoms with Gasteiger partial charge in [0.1, 0.15) is 23.4 Å².